The van der Waals surface area contributed by atoms with Crippen LogP contribution < -0.4 is 10.2 Å². The molecule has 1 aliphatic heterocycles. The first-order valence-corrected chi connectivity index (χ1v) is 11.6. The molecule has 4 rings (SSSR count). The molecule has 0 saturated carbocycles. The van der Waals surface area contributed by atoms with Crippen molar-refractivity contribution in [2.75, 3.05) is 37.6 Å². The number of nitrogens with one attached hydrogen (secondary N) is 1. The van der Waals surface area contributed by atoms with E-state index in [1.807, 2.05) is 42.1 Å². The lowest BCUT2D eigenvalue weighted by Gasteiger charge is -2.36. The van der Waals surface area contributed by atoms with Gasteiger partial charge in [0.15, 0.2) is 10.9 Å². The number of aryl methyl sites for hydroxylation is 1. The molecule has 10 heteroatoms. The highest BCUT2D eigenvalue weighted by Gasteiger charge is 2.22. The number of benzene rings is 1. The van der Waals surface area contributed by atoms with Gasteiger partial charge in [0, 0.05) is 56.3 Å². The Labute approximate surface area is 195 Å². The van der Waals surface area contributed by atoms with Gasteiger partial charge in [0.2, 0.25) is 5.91 Å². The predicted octanol–water partition coefficient (Wildman–Crippen LogP) is 3.04. The number of furan rings is 1. The fraction of sp³-hybridized carbons (Fsp3) is 0.318. The van der Waals surface area contributed by atoms with Gasteiger partial charge in [-0.1, -0.05) is 23.4 Å². The van der Waals surface area contributed by atoms with E-state index in [2.05, 4.69) is 15.2 Å². The smallest absolute Gasteiger partial charge is 0.287 e. The molecular formula is C22H24ClN5O3S. The van der Waals surface area contributed by atoms with Gasteiger partial charge in [-0.2, -0.15) is 0 Å². The molecule has 1 aliphatic rings. The molecule has 1 aromatic carbocycles. The summed E-state index contributed by atoms with van der Waals surface area (Å²) >= 11 is 7.47. The first kappa shape index (κ1) is 22.3. The number of anilines is 1. The zero-order valence-electron chi connectivity index (χ0n) is 17.7. The lowest BCUT2D eigenvalue weighted by atomic mass is 10.2. The van der Waals surface area contributed by atoms with Crippen LogP contribution in [0.4, 0.5) is 5.69 Å². The van der Waals surface area contributed by atoms with Crippen LogP contribution in [0.15, 0.2) is 58.4 Å². The molecule has 2 aromatic heterocycles. The van der Waals surface area contributed by atoms with Crippen molar-refractivity contribution in [2.45, 2.75) is 10.9 Å². The second-order valence-corrected chi connectivity index (χ2v) is 8.78. The molecule has 2 amide bonds. The Morgan fingerprint density at radius 2 is 1.88 bits per heavy atom. The van der Waals surface area contributed by atoms with Gasteiger partial charge in [-0.15, -0.1) is 0 Å². The minimum atomic E-state index is -0.397. The Bertz CT molecular complexity index is 1070. The van der Waals surface area contributed by atoms with E-state index >= 15 is 0 Å². The van der Waals surface area contributed by atoms with Gasteiger partial charge in [0.05, 0.1) is 12.3 Å². The van der Waals surface area contributed by atoms with Gasteiger partial charge in [-0.05, 0) is 36.4 Å². The molecule has 0 bridgehead atoms. The number of thioether (sulfide) groups is 1. The van der Waals surface area contributed by atoms with Gasteiger partial charge in [0.1, 0.15) is 5.76 Å². The minimum absolute atomic E-state index is 0.0577. The van der Waals surface area contributed by atoms with Crippen LogP contribution in [-0.4, -0.2) is 59.0 Å². The molecule has 0 spiro atoms. The Morgan fingerprint density at radius 1 is 1.12 bits per heavy atom. The SMILES string of the molecule is Cn1ccnc1SCc1ccc(C(=O)NCC(=O)N2CCN(c3ccc(Cl)cc3)CC2)o1. The van der Waals surface area contributed by atoms with E-state index in [9.17, 15) is 9.59 Å². The molecular weight excluding hydrogens is 450 g/mol. The van der Waals surface area contributed by atoms with Crippen LogP contribution in [0.5, 0.6) is 0 Å². The average Bonchev–Trinajstić information content (AvgIpc) is 3.45. The Hall–Kier alpha value is -2.91. The molecule has 1 N–H and O–H groups in total. The lowest BCUT2D eigenvalue weighted by Crippen LogP contribution is -2.51. The highest BCUT2D eigenvalue weighted by Crippen LogP contribution is 2.22. The summed E-state index contributed by atoms with van der Waals surface area (Å²) in [6.07, 6.45) is 3.61. The molecule has 1 saturated heterocycles. The van der Waals surface area contributed by atoms with Crippen molar-refractivity contribution >= 4 is 40.9 Å². The molecule has 1 fully saturated rings. The lowest BCUT2D eigenvalue weighted by molar-refractivity contribution is -0.130. The minimum Gasteiger partial charge on any atom is -0.455 e. The maximum absolute atomic E-state index is 12.5. The van der Waals surface area contributed by atoms with Crippen molar-refractivity contribution in [1.82, 2.24) is 19.8 Å². The first-order chi connectivity index (χ1) is 15.5. The summed E-state index contributed by atoms with van der Waals surface area (Å²) in [7, 11) is 1.92. The normalized spacial score (nSPS) is 13.9. The number of aromatic nitrogens is 2. The van der Waals surface area contributed by atoms with E-state index in [0.29, 0.717) is 29.6 Å². The summed E-state index contributed by atoms with van der Waals surface area (Å²) < 4.78 is 7.54. The summed E-state index contributed by atoms with van der Waals surface area (Å²) in [4.78, 5) is 33.1. The third-order valence-corrected chi connectivity index (χ3v) is 6.56. The molecule has 32 heavy (non-hydrogen) atoms. The largest absolute Gasteiger partial charge is 0.455 e. The summed E-state index contributed by atoms with van der Waals surface area (Å²) in [5, 5.41) is 4.23. The fourth-order valence-corrected chi connectivity index (χ4v) is 4.38. The summed E-state index contributed by atoms with van der Waals surface area (Å²) in [5.41, 5.74) is 1.09. The Kier molecular flexibility index (Phi) is 7.06. The number of carbonyl (C=O) groups is 2. The van der Waals surface area contributed by atoms with E-state index in [1.54, 1.807) is 23.2 Å². The highest BCUT2D eigenvalue weighted by molar-refractivity contribution is 7.98. The maximum atomic E-state index is 12.5. The van der Waals surface area contributed by atoms with Crippen LogP contribution in [0, 0.1) is 0 Å². The number of piperazine rings is 1. The van der Waals surface area contributed by atoms with Crippen molar-refractivity contribution in [3.63, 3.8) is 0 Å². The van der Waals surface area contributed by atoms with Crippen molar-refractivity contribution in [2.24, 2.45) is 7.05 Å². The van der Waals surface area contributed by atoms with Gasteiger partial charge in [0.25, 0.3) is 5.91 Å². The van der Waals surface area contributed by atoms with Crippen LogP contribution in [0.1, 0.15) is 16.3 Å². The number of halogens is 1. The molecule has 3 aromatic rings. The summed E-state index contributed by atoms with van der Waals surface area (Å²) in [6, 6.07) is 11.1. The summed E-state index contributed by atoms with van der Waals surface area (Å²) in [5.74, 6) is 0.931. The topological polar surface area (TPSA) is 83.6 Å². The van der Waals surface area contributed by atoms with Crippen molar-refractivity contribution in [3.8, 4) is 0 Å². The first-order valence-electron chi connectivity index (χ1n) is 10.2. The third kappa shape index (κ3) is 5.46. The van der Waals surface area contributed by atoms with Crippen LogP contribution in [0.25, 0.3) is 0 Å². The van der Waals surface area contributed by atoms with E-state index in [-0.39, 0.29) is 18.2 Å². The maximum Gasteiger partial charge on any atom is 0.287 e. The third-order valence-electron chi connectivity index (χ3n) is 5.23. The molecule has 168 valence electrons. The van der Waals surface area contributed by atoms with Gasteiger partial charge in [-0.3, -0.25) is 9.59 Å². The number of nitrogens with zero attached hydrogens (tertiary/aromatic N) is 4. The van der Waals surface area contributed by atoms with Gasteiger partial charge < -0.3 is 24.1 Å². The summed E-state index contributed by atoms with van der Waals surface area (Å²) in [6.45, 7) is 2.62. The second-order valence-electron chi connectivity index (χ2n) is 7.40. The van der Waals surface area contributed by atoms with E-state index in [1.165, 1.54) is 11.8 Å². The zero-order valence-corrected chi connectivity index (χ0v) is 19.2. The van der Waals surface area contributed by atoms with Crippen molar-refractivity contribution in [3.05, 3.63) is 65.3 Å². The average molecular weight is 474 g/mol. The number of rotatable bonds is 7. The molecule has 3 heterocycles. The Balaban J connectivity index is 1.21. The van der Waals surface area contributed by atoms with E-state index in [4.69, 9.17) is 16.0 Å². The number of amides is 2. The predicted molar refractivity (Wildman–Crippen MR) is 124 cm³/mol. The van der Waals surface area contributed by atoms with Crippen LogP contribution in [-0.2, 0) is 17.6 Å². The molecule has 0 unspecified atom stereocenters. The highest BCUT2D eigenvalue weighted by atomic mass is 35.5. The number of hydrogen-bond acceptors (Lipinski definition) is 6. The molecule has 8 nitrogen and oxygen atoms in total. The monoisotopic (exact) mass is 473 g/mol. The van der Waals surface area contributed by atoms with Crippen molar-refractivity contribution < 1.29 is 14.0 Å². The van der Waals surface area contributed by atoms with Crippen molar-refractivity contribution in [1.29, 1.82) is 0 Å². The number of imidazole rings is 1. The van der Waals surface area contributed by atoms with Crippen LogP contribution in [0.3, 0.4) is 0 Å². The van der Waals surface area contributed by atoms with E-state index in [0.717, 1.165) is 23.9 Å². The van der Waals surface area contributed by atoms with Gasteiger partial charge >= 0.3 is 0 Å². The van der Waals surface area contributed by atoms with Crippen LogP contribution in [0.2, 0.25) is 5.02 Å². The molecule has 0 radical (unpaired) electrons. The van der Waals surface area contributed by atoms with E-state index < -0.39 is 5.91 Å². The molecule has 0 aliphatic carbocycles. The quantitative estimate of drug-likeness (QED) is 0.531. The zero-order chi connectivity index (χ0) is 22.5. The number of carbonyl (C=O) groups excluding carboxylic acids is 2. The standard InChI is InChI=1S/C22H24ClN5O3S/c1-26-9-8-24-22(26)32-15-18-6-7-19(31-18)21(30)25-14-20(29)28-12-10-27(11-13-28)17-4-2-16(23)3-5-17/h2-9H,10-15H2,1H3,(H,25,30). The van der Waals surface area contributed by atoms with Gasteiger partial charge in [-0.25, -0.2) is 4.98 Å². The number of hydrogen-bond donors (Lipinski definition) is 1. The van der Waals surface area contributed by atoms with Crippen LogP contribution >= 0.6 is 23.4 Å². The molecule has 0 atom stereocenters. The second kappa shape index (κ2) is 10.1. The fourth-order valence-electron chi connectivity index (χ4n) is 3.42. The Morgan fingerprint density at radius 3 is 2.56 bits per heavy atom.